The first-order valence-corrected chi connectivity index (χ1v) is 7.54. The minimum atomic E-state index is -3.55. The van der Waals surface area contributed by atoms with E-state index in [9.17, 15) is 12.8 Å². The van der Waals surface area contributed by atoms with E-state index in [1.165, 1.54) is 4.31 Å². The third-order valence-electron chi connectivity index (χ3n) is 3.23. The Bertz CT molecular complexity index is 502. The first-order valence-electron chi connectivity index (χ1n) is 6.10. The highest BCUT2D eigenvalue weighted by Crippen LogP contribution is 2.25. The molecule has 0 aromatic heterocycles. The zero-order valence-electron chi connectivity index (χ0n) is 10.6. The monoisotopic (exact) mass is 271 g/mol. The molecule has 0 bridgehead atoms. The maximum absolute atomic E-state index is 13.5. The van der Waals surface area contributed by atoms with E-state index in [1.54, 1.807) is 24.3 Å². The van der Waals surface area contributed by atoms with Crippen molar-refractivity contribution < 1.29 is 12.8 Å². The van der Waals surface area contributed by atoms with Crippen LogP contribution in [0, 0.1) is 12.8 Å². The van der Waals surface area contributed by atoms with Gasteiger partial charge in [0.2, 0.25) is 10.0 Å². The van der Waals surface area contributed by atoms with E-state index in [2.05, 4.69) is 0 Å². The molecule has 1 aromatic carbocycles. The molecule has 1 aliphatic heterocycles. The van der Waals surface area contributed by atoms with Gasteiger partial charge in [-0.25, -0.2) is 12.8 Å². The molecule has 1 aliphatic rings. The van der Waals surface area contributed by atoms with E-state index >= 15 is 0 Å². The fourth-order valence-corrected chi connectivity index (χ4v) is 3.87. The summed E-state index contributed by atoms with van der Waals surface area (Å²) in [4.78, 5) is 0.245. The van der Waals surface area contributed by atoms with Crippen molar-refractivity contribution in [3.05, 3.63) is 29.8 Å². The summed E-state index contributed by atoms with van der Waals surface area (Å²) in [6.07, 6.45) is -0.617. The Morgan fingerprint density at radius 3 is 2.39 bits per heavy atom. The first kappa shape index (κ1) is 13.5. The lowest BCUT2D eigenvalue weighted by Crippen LogP contribution is -2.44. The fraction of sp³-hybridized carbons (Fsp3) is 0.538. The molecule has 0 aliphatic carbocycles. The first-order chi connectivity index (χ1) is 8.39. The molecule has 1 fully saturated rings. The molecule has 1 aromatic rings. The molecule has 0 radical (unpaired) electrons. The smallest absolute Gasteiger partial charge is 0.243 e. The van der Waals surface area contributed by atoms with E-state index < -0.39 is 16.2 Å². The number of hydrogen-bond donors (Lipinski definition) is 0. The summed E-state index contributed by atoms with van der Waals surface area (Å²) in [6.45, 7) is 4.15. The van der Waals surface area contributed by atoms with Crippen LogP contribution in [0.1, 0.15) is 18.9 Å². The second-order valence-electron chi connectivity index (χ2n) is 5.07. The topological polar surface area (TPSA) is 37.4 Å². The molecule has 0 spiro atoms. The summed E-state index contributed by atoms with van der Waals surface area (Å²) in [6, 6.07) is 6.68. The van der Waals surface area contributed by atoms with Gasteiger partial charge in [0.1, 0.15) is 6.17 Å². The summed E-state index contributed by atoms with van der Waals surface area (Å²) >= 11 is 0. The average molecular weight is 271 g/mol. The molecule has 100 valence electrons. The Hall–Kier alpha value is -0.940. The molecule has 1 heterocycles. The van der Waals surface area contributed by atoms with Crippen LogP contribution in [-0.4, -0.2) is 32.0 Å². The minimum Gasteiger partial charge on any atom is -0.246 e. The highest BCUT2D eigenvalue weighted by Gasteiger charge is 2.33. The number of hydrogen-bond acceptors (Lipinski definition) is 2. The molecule has 1 saturated heterocycles. The van der Waals surface area contributed by atoms with Crippen LogP contribution in [0.4, 0.5) is 4.39 Å². The summed E-state index contributed by atoms with van der Waals surface area (Å²) < 4.78 is 39.4. The Kier molecular flexibility index (Phi) is 3.73. The predicted octanol–water partition coefficient (Wildman–Crippen LogP) is 2.36. The van der Waals surface area contributed by atoms with Gasteiger partial charge < -0.3 is 0 Å². The molecule has 0 N–H and O–H groups in total. The van der Waals surface area contributed by atoms with Crippen molar-refractivity contribution >= 4 is 10.0 Å². The van der Waals surface area contributed by atoms with Crippen LogP contribution in [0.2, 0.25) is 0 Å². The number of benzene rings is 1. The van der Waals surface area contributed by atoms with Gasteiger partial charge in [0.25, 0.3) is 0 Å². The maximum Gasteiger partial charge on any atom is 0.243 e. The van der Waals surface area contributed by atoms with Crippen LogP contribution in [0.5, 0.6) is 0 Å². The van der Waals surface area contributed by atoms with Crippen LogP contribution in [0.15, 0.2) is 29.2 Å². The normalized spacial score (nSPS) is 26.2. The zero-order chi connectivity index (χ0) is 13.3. The van der Waals surface area contributed by atoms with Gasteiger partial charge in [0.15, 0.2) is 0 Å². The number of nitrogens with zero attached hydrogens (tertiary/aromatic N) is 1. The van der Waals surface area contributed by atoms with Crippen LogP contribution < -0.4 is 0 Å². The second-order valence-corrected chi connectivity index (χ2v) is 7.01. The number of alkyl halides is 1. The number of rotatable bonds is 2. The summed E-state index contributed by atoms with van der Waals surface area (Å²) in [5, 5.41) is 0. The molecule has 18 heavy (non-hydrogen) atoms. The molecular formula is C13H18FNO2S. The predicted molar refractivity (Wildman–Crippen MR) is 68.6 cm³/mol. The van der Waals surface area contributed by atoms with Crippen molar-refractivity contribution in [2.24, 2.45) is 5.92 Å². The van der Waals surface area contributed by atoms with E-state index in [0.717, 1.165) is 5.56 Å². The number of halogens is 1. The van der Waals surface area contributed by atoms with Gasteiger partial charge in [-0.15, -0.1) is 0 Å². The summed E-state index contributed by atoms with van der Waals surface area (Å²) in [5.74, 6) is 0.0639. The lowest BCUT2D eigenvalue weighted by molar-refractivity contribution is 0.162. The maximum atomic E-state index is 13.5. The molecule has 3 nitrogen and oxygen atoms in total. The van der Waals surface area contributed by atoms with Gasteiger partial charge in [0.05, 0.1) is 4.90 Å². The molecule has 1 unspecified atom stereocenters. The average Bonchev–Trinajstić information content (AvgIpc) is 2.28. The third kappa shape index (κ3) is 2.72. The van der Waals surface area contributed by atoms with Gasteiger partial charge in [-0.05, 0) is 31.4 Å². The molecule has 0 amide bonds. The highest BCUT2D eigenvalue weighted by atomic mass is 32.2. The van der Waals surface area contributed by atoms with E-state index in [0.29, 0.717) is 13.0 Å². The standard InChI is InChI=1S/C13H18FNO2S/c1-10-3-5-13(6-4-10)18(16,17)15-8-11(2)7-12(14)9-15/h3-6,11-12H,7-9H2,1-2H3/t11?,12-/m1/s1. The van der Waals surface area contributed by atoms with Crippen molar-refractivity contribution in [1.82, 2.24) is 4.31 Å². The Morgan fingerprint density at radius 2 is 1.83 bits per heavy atom. The van der Waals surface area contributed by atoms with E-state index in [4.69, 9.17) is 0 Å². The van der Waals surface area contributed by atoms with Gasteiger partial charge in [-0.3, -0.25) is 0 Å². The van der Waals surface area contributed by atoms with Crippen LogP contribution in [-0.2, 0) is 10.0 Å². The van der Waals surface area contributed by atoms with Crippen molar-refractivity contribution in [3.8, 4) is 0 Å². The van der Waals surface area contributed by atoms with E-state index in [1.807, 2.05) is 13.8 Å². The fourth-order valence-electron chi connectivity index (χ4n) is 2.28. The second kappa shape index (κ2) is 4.97. The largest absolute Gasteiger partial charge is 0.246 e. The molecule has 2 atom stereocenters. The van der Waals surface area contributed by atoms with Gasteiger partial charge in [0, 0.05) is 13.1 Å². The molecule has 2 rings (SSSR count). The SMILES string of the molecule is Cc1ccc(S(=O)(=O)N2CC(C)C[C@@H](F)C2)cc1. The molecular weight excluding hydrogens is 253 g/mol. The number of piperidine rings is 1. The number of aryl methyl sites for hydroxylation is 1. The van der Waals surface area contributed by atoms with Gasteiger partial charge in [-0.1, -0.05) is 24.6 Å². The lowest BCUT2D eigenvalue weighted by atomic mass is 10.0. The summed E-state index contributed by atoms with van der Waals surface area (Å²) in [5.41, 5.74) is 1.00. The Labute approximate surface area is 108 Å². The molecule has 0 saturated carbocycles. The number of sulfonamides is 1. The lowest BCUT2D eigenvalue weighted by Gasteiger charge is -2.32. The van der Waals surface area contributed by atoms with Crippen LogP contribution >= 0.6 is 0 Å². The van der Waals surface area contributed by atoms with Gasteiger partial charge >= 0.3 is 0 Å². The minimum absolute atomic E-state index is 0.0272. The van der Waals surface area contributed by atoms with Crippen molar-refractivity contribution in [2.45, 2.75) is 31.3 Å². The Morgan fingerprint density at radius 1 is 1.22 bits per heavy atom. The van der Waals surface area contributed by atoms with Crippen LogP contribution in [0.25, 0.3) is 0 Å². The van der Waals surface area contributed by atoms with Gasteiger partial charge in [-0.2, -0.15) is 4.31 Å². The van der Waals surface area contributed by atoms with Crippen molar-refractivity contribution in [3.63, 3.8) is 0 Å². The summed E-state index contributed by atoms with van der Waals surface area (Å²) in [7, 11) is -3.55. The van der Waals surface area contributed by atoms with Crippen molar-refractivity contribution in [2.75, 3.05) is 13.1 Å². The van der Waals surface area contributed by atoms with E-state index in [-0.39, 0.29) is 17.4 Å². The third-order valence-corrected chi connectivity index (χ3v) is 5.08. The van der Waals surface area contributed by atoms with Crippen molar-refractivity contribution in [1.29, 1.82) is 0 Å². The highest BCUT2D eigenvalue weighted by molar-refractivity contribution is 7.89. The quantitative estimate of drug-likeness (QED) is 0.828. The molecule has 5 heteroatoms. The zero-order valence-corrected chi connectivity index (χ0v) is 11.5. The van der Waals surface area contributed by atoms with Crippen LogP contribution in [0.3, 0.4) is 0 Å². The Balaban J connectivity index is 2.28.